The van der Waals surface area contributed by atoms with Crippen LogP contribution in [0.3, 0.4) is 0 Å². The molecule has 0 radical (unpaired) electrons. The fourth-order valence-electron chi connectivity index (χ4n) is 3.82. The number of carbonyl (C=O) groups is 1. The number of rotatable bonds is 5. The molecular weight excluding hydrogens is 350 g/mol. The highest BCUT2D eigenvalue weighted by Gasteiger charge is 2.31. The van der Waals surface area contributed by atoms with Gasteiger partial charge in [0.25, 0.3) is 0 Å². The number of nitrogens with one attached hydrogen (secondary N) is 1. The third-order valence-electron chi connectivity index (χ3n) is 5.23. The van der Waals surface area contributed by atoms with E-state index in [-0.39, 0.29) is 11.8 Å². The summed E-state index contributed by atoms with van der Waals surface area (Å²) in [6, 6.07) is 8.55. The first kappa shape index (κ1) is 19.3. The highest BCUT2D eigenvalue weighted by atomic mass is 32.2. The lowest BCUT2D eigenvalue weighted by Gasteiger charge is -2.32. The van der Waals surface area contributed by atoms with E-state index in [1.807, 2.05) is 11.1 Å². The molecule has 3 rings (SSSR count). The summed E-state index contributed by atoms with van der Waals surface area (Å²) in [6.45, 7) is 2.77. The predicted molar refractivity (Wildman–Crippen MR) is 101 cm³/mol. The molecule has 2 saturated heterocycles. The summed E-state index contributed by atoms with van der Waals surface area (Å²) >= 11 is 0. The molecule has 1 amide bonds. The van der Waals surface area contributed by atoms with Crippen LogP contribution in [0, 0.1) is 5.92 Å². The first-order chi connectivity index (χ1) is 12.6. The van der Waals surface area contributed by atoms with Crippen molar-refractivity contribution in [2.45, 2.75) is 49.8 Å². The van der Waals surface area contributed by atoms with E-state index >= 15 is 0 Å². The standard InChI is InChI=1S/C19H29N3O3S/c23-19(20-21-12-6-1-2-7-13-21)15-17-9-8-14-22(16-17)26(24,25)18-10-4-3-5-11-18/h3-5,10-11,17H,1-2,6-9,12-16H2,(H,20,23). The van der Waals surface area contributed by atoms with Gasteiger partial charge in [-0.2, -0.15) is 4.31 Å². The van der Waals surface area contributed by atoms with E-state index in [0.29, 0.717) is 24.4 Å². The van der Waals surface area contributed by atoms with Crippen molar-refractivity contribution in [3.8, 4) is 0 Å². The second kappa shape index (κ2) is 8.97. The average molecular weight is 380 g/mol. The number of piperidine rings is 1. The molecule has 2 aliphatic rings. The maximum Gasteiger partial charge on any atom is 0.243 e. The molecule has 6 nitrogen and oxygen atoms in total. The Labute approximate surface area is 156 Å². The van der Waals surface area contributed by atoms with Crippen molar-refractivity contribution in [3.05, 3.63) is 30.3 Å². The van der Waals surface area contributed by atoms with Crippen LogP contribution >= 0.6 is 0 Å². The largest absolute Gasteiger partial charge is 0.289 e. The van der Waals surface area contributed by atoms with E-state index in [1.54, 1.807) is 24.3 Å². The molecule has 26 heavy (non-hydrogen) atoms. The Bertz CT molecular complexity index is 685. The lowest BCUT2D eigenvalue weighted by atomic mass is 9.96. The minimum absolute atomic E-state index is 0.0101. The summed E-state index contributed by atoms with van der Waals surface area (Å²) in [7, 11) is -3.47. The monoisotopic (exact) mass is 379 g/mol. The van der Waals surface area contributed by atoms with Crippen LogP contribution in [0.15, 0.2) is 35.2 Å². The second-order valence-electron chi connectivity index (χ2n) is 7.32. The van der Waals surface area contributed by atoms with Crippen LogP contribution in [0.25, 0.3) is 0 Å². The van der Waals surface area contributed by atoms with Crippen molar-refractivity contribution in [3.63, 3.8) is 0 Å². The van der Waals surface area contributed by atoms with Crippen LogP contribution in [-0.4, -0.2) is 49.8 Å². The number of hydrazine groups is 1. The van der Waals surface area contributed by atoms with Crippen molar-refractivity contribution < 1.29 is 13.2 Å². The summed E-state index contributed by atoms with van der Waals surface area (Å²) < 4.78 is 27.1. The van der Waals surface area contributed by atoms with Gasteiger partial charge in [0.2, 0.25) is 15.9 Å². The van der Waals surface area contributed by atoms with Gasteiger partial charge in [-0.1, -0.05) is 31.0 Å². The highest BCUT2D eigenvalue weighted by molar-refractivity contribution is 7.89. The van der Waals surface area contributed by atoms with Crippen LogP contribution in [0.2, 0.25) is 0 Å². The Morgan fingerprint density at radius 2 is 1.69 bits per heavy atom. The van der Waals surface area contributed by atoms with Gasteiger partial charge in [0, 0.05) is 32.6 Å². The van der Waals surface area contributed by atoms with Crippen LogP contribution in [0.4, 0.5) is 0 Å². The fourth-order valence-corrected chi connectivity index (χ4v) is 5.40. The molecule has 1 unspecified atom stereocenters. The number of nitrogens with zero attached hydrogens (tertiary/aromatic N) is 2. The van der Waals surface area contributed by atoms with Gasteiger partial charge >= 0.3 is 0 Å². The van der Waals surface area contributed by atoms with Crippen molar-refractivity contribution >= 4 is 15.9 Å². The molecule has 0 bridgehead atoms. The number of carbonyl (C=O) groups excluding carboxylic acids is 1. The normalized spacial score (nSPS) is 23.3. The van der Waals surface area contributed by atoms with Crippen LogP contribution in [0.5, 0.6) is 0 Å². The molecule has 7 heteroatoms. The lowest BCUT2D eigenvalue weighted by Crippen LogP contribution is -2.45. The molecule has 1 atom stereocenters. The van der Waals surface area contributed by atoms with Gasteiger partial charge in [0.15, 0.2) is 0 Å². The van der Waals surface area contributed by atoms with E-state index in [2.05, 4.69) is 5.43 Å². The van der Waals surface area contributed by atoms with Gasteiger partial charge in [-0.05, 0) is 43.7 Å². The fraction of sp³-hybridized carbons (Fsp3) is 0.632. The molecule has 1 aromatic rings. The molecule has 0 aliphatic carbocycles. The summed E-state index contributed by atoms with van der Waals surface area (Å²) in [4.78, 5) is 12.7. The van der Waals surface area contributed by atoms with Crippen molar-refractivity contribution in [1.82, 2.24) is 14.7 Å². The summed E-state index contributed by atoms with van der Waals surface area (Å²) in [6.07, 6.45) is 6.77. The van der Waals surface area contributed by atoms with Gasteiger partial charge in [0.1, 0.15) is 0 Å². The van der Waals surface area contributed by atoms with E-state index in [1.165, 1.54) is 17.1 Å². The maximum atomic E-state index is 12.8. The quantitative estimate of drug-likeness (QED) is 0.853. The molecule has 1 aromatic carbocycles. The minimum Gasteiger partial charge on any atom is -0.289 e. The van der Waals surface area contributed by atoms with Crippen molar-refractivity contribution in [2.75, 3.05) is 26.2 Å². The summed E-state index contributed by atoms with van der Waals surface area (Å²) in [5.41, 5.74) is 3.02. The van der Waals surface area contributed by atoms with Crippen molar-refractivity contribution in [1.29, 1.82) is 0 Å². The van der Waals surface area contributed by atoms with Gasteiger partial charge in [-0.3, -0.25) is 10.2 Å². The molecule has 2 fully saturated rings. The number of benzene rings is 1. The molecule has 0 spiro atoms. The van der Waals surface area contributed by atoms with Gasteiger partial charge in [0.05, 0.1) is 4.90 Å². The second-order valence-corrected chi connectivity index (χ2v) is 9.26. The number of sulfonamides is 1. The Morgan fingerprint density at radius 1 is 1.00 bits per heavy atom. The third-order valence-corrected chi connectivity index (χ3v) is 7.11. The summed E-state index contributed by atoms with van der Waals surface area (Å²) in [5, 5.41) is 2.02. The first-order valence-corrected chi connectivity index (χ1v) is 11.1. The van der Waals surface area contributed by atoms with E-state index in [4.69, 9.17) is 0 Å². The Kier molecular flexibility index (Phi) is 6.67. The Balaban J connectivity index is 1.55. The molecule has 2 heterocycles. The van der Waals surface area contributed by atoms with Gasteiger partial charge in [-0.15, -0.1) is 0 Å². The number of hydrogen-bond acceptors (Lipinski definition) is 4. The Hall–Kier alpha value is -1.44. The van der Waals surface area contributed by atoms with Crippen LogP contribution in [0.1, 0.15) is 44.9 Å². The van der Waals surface area contributed by atoms with E-state index in [9.17, 15) is 13.2 Å². The van der Waals surface area contributed by atoms with Crippen molar-refractivity contribution in [2.24, 2.45) is 5.92 Å². The predicted octanol–water partition coefficient (Wildman–Crippen LogP) is 2.38. The van der Waals surface area contributed by atoms with Gasteiger partial charge in [-0.25, -0.2) is 13.4 Å². The number of hydrogen-bond donors (Lipinski definition) is 1. The maximum absolute atomic E-state index is 12.8. The smallest absolute Gasteiger partial charge is 0.243 e. The lowest BCUT2D eigenvalue weighted by molar-refractivity contribution is -0.127. The SMILES string of the molecule is O=C(CC1CCCN(S(=O)(=O)c2ccccc2)C1)NN1CCCCCC1. The summed E-state index contributed by atoms with van der Waals surface area (Å²) in [5.74, 6) is 0.0880. The minimum atomic E-state index is -3.47. The van der Waals surface area contributed by atoms with Crippen LogP contribution in [-0.2, 0) is 14.8 Å². The number of amides is 1. The van der Waals surface area contributed by atoms with Crippen LogP contribution < -0.4 is 5.43 Å². The third kappa shape index (κ3) is 5.05. The topological polar surface area (TPSA) is 69.7 Å². The molecule has 144 valence electrons. The Morgan fingerprint density at radius 3 is 2.38 bits per heavy atom. The molecule has 1 N–H and O–H groups in total. The average Bonchev–Trinajstić information content (AvgIpc) is 2.91. The first-order valence-electron chi connectivity index (χ1n) is 9.65. The van der Waals surface area contributed by atoms with Gasteiger partial charge < -0.3 is 0 Å². The highest BCUT2D eigenvalue weighted by Crippen LogP contribution is 2.25. The van der Waals surface area contributed by atoms with E-state index < -0.39 is 10.0 Å². The molecule has 0 aromatic heterocycles. The zero-order valence-electron chi connectivity index (χ0n) is 15.3. The molecule has 0 saturated carbocycles. The zero-order chi connectivity index (χ0) is 18.4. The zero-order valence-corrected chi connectivity index (χ0v) is 16.1. The van der Waals surface area contributed by atoms with E-state index in [0.717, 1.165) is 38.8 Å². The molecule has 2 aliphatic heterocycles. The molecular formula is C19H29N3O3S.